The number of amides is 1. The van der Waals surface area contributed by atoms with Gasteiger partial charge in [0.15, 0.2) is 0 Å². The van der Waals surface area contributed by atoms with Gasteiger partial charge in [-0.15, -0.1) is 11.3 Å². The van der Waals surface area contributed by atoms with Gasteiger partial charge in [-0.1, -0.05) is 25.8 Å². The van der Waals surface area contributed by atoms with Crippen LogP contribution in [0.5, 0.6) is 0 Å². The summed E-state index contributed by atoms with van der Waals surface area (Å²) in [6, 6.07) is 3.41. The lowest BCUT2D eigenvalue weighted by molar-refractivity contribution is -0.132. The fourth-order valence-electron chi connectivity index (χ4n) is 2.32. The molecular formula is C13H18F2N2OS. The highest BCUT2D eigenvalue weighted by Gasteiger charge is 2.40. The number of unbranched alkanes of at least 4 members (excludes halogenated alkanes) is 1. The largest absolute Gasteiger partial charge is 0.315 e. The molecule has 1 aliphatic heterocycles. The van der Waals surface area contributed by atoms with Crippen molar-refractivity contribution in [2.45, 2.75) is 44.8 Å². The van der Waals surface area contributed by atoms with Gasteiger partial charge in [-0.3, -0.25) is 10.1 Å². The molecule has 1 saturated heterocycles. The fourth-order valence-corrected chi connectivity index (χ4v) is 3.12. The molecule has 0 radical (unpaired) electrons. The molecule has 106 valence electrons. The summed E-state index contributed by atoms with van der Waals surface area (Å²) in [6.45, 7) is 1.55. The molecule has 0 aromatic carbocycles. The van der Waals surface area contributed by atoms with Crippen LogP contribution in [0.1, 0.15) is 37.2 Å². The number of hydrogen-bond acceptors (Lipinski definition) is 3. The molecule has 3 nitrogen and oxygen atoms in total. The van der Waals surface area contributed by atoms with Gasteiger partial charge in [0, 0.05) is 4.88 Å². The Balaban J connectivity index is 2.13. The summed E-state index contributed by atoms with van der Waals surface area (Å²) in [5, 5.41) is 5.08. The molecule has 0 saturated carbocycles. The summed E-state index contributed by atoms with van der Waals surface area (Å²) >= 11 is 1.48. The van der Waals surface area contributed by atoms with Crippen LogP contribution in [0.25, 0.3) is 0 Å². The van der Waals surface area contributed by atoms with E-state index in [1.807, 2.05) is 24.4 Å². The molecule has 6 heteroatoms. The highest BCUT2D eigenvalue weighted by molar-refractivity contribution is 7.10. The van der Waals surface area contributed by atoms with Crippen molar-refractivity contribution in [3.8, 4) is 0 Å². The van der Waals surface area contributed by atoms with Crippen molar-refractivity contribution in [2.75, 3.05) is 6.54 Å². The molecule has 1 fully saturated rings. The second-order valence-corrected chi connectivity index (χ2v) is 5.64. The standard InChI is InChI=1S/C13H18F2N2OS/c1-2-3-5-9-13(18)17(8-11(14)15)12(16-9)10-6-4-7-19-10/h4,6-7,9,11-12,16H,2-3,5,8H2,1H3. The van der Waals surface area contributed by atoms with Gasteiger partial charge in [0.2, 0.25) is 5.91 Å². The van der Waals surface area contributed by atoms with Crippen molar-refractivity contribution >= 4 is 17.2 Å². The Labute approximate surface area is 115 Å². The van der Waals surface area contributed by atoms with E-state index in [9.17, 15) is 13.6 Å². The monoisotopic (exact) mass is 288 g/mol. The lowest BCUT2D eigenvalue weighted by atomic mass is 10.1. The first-order chi connectivity index (χ1) is 9.13. The lowest BCUT2D eigenvalue weighted by Crippen LogP contribution is -2.34. The molecule has 0 spiro atoms. The zero-order chi connectivity index (χ0) is 13.8. The first-order valence-corrected chi connectivity index (χ1v) is 7.39. The van der Waals surface area contributed by atoms with Crippen LogP contribution in [0, 0.1) is 0 Å². The minimum absolute atomic E-state index is 0.202. The zero-order valence-electron chi connectivity index (χ0n) is 10.8. The first-order valence-electron chi connectivity index (χ1n) is 6.51. The van der Waals surface area contributed by atoms with Gasteiger partial charge in [0.05, 0.1) is 12.6 Å². The highest BCUT2D eigenvalue weighted by Crippen LogP contribution is 2.30. The van der Waals surface area contributed by atoms with Crippen molar-refractivity contribution in [3.63, 3.8) is 0 Å². The van der Waals surface area contributed by atoms with Crippen LogP contribution in [0.4, 0.5) is 8.78 Å². The second kappa shape index (κ2) is 6.43. The Bertz CT molecular complexity index is 411. The van der Waals surface area contributed by atoms with Crippen molar-refractivity contribution in [2.24, 2.45) is 0 Å². The molecule has 1 aliphatic rings. The van der Waals surface area contributed by atoms with Crippen LogP contribution in [0.15, 0.2) is 17.5 Å². The van der Waals surface area contributed by atoms with E-state index in [4.69, 9.17) is 0 Å². The van der Waals surface area contributed by atoms with Crippen LogP contribution < -0.4 is 5.32 Å². The third kappa shape index (κ3) is 3.30. The Morgan fingerprint density at radius 3 is 2.89 bits per heavy atom. The number of nitrogens with one attached hydrogen (secondary N) is 1. The third-order valence-corrected chi connectivity index (χ3v) is 4.17. The summed E-state index contributed by atoms with van der Waals surface area (Å²) < 4.78 is 25.3. The molecular weight excluding hydrogens is 270 g/mol. The van der Waals surface area contributed by atoms with E-state index in [2.05, 4.69) is 5.32 Å². The minimum Gasteiger partial charge on any atom is -0.315 e. The number of nitrogens with zero attached hydrogens (tertiary/aromatic N) is 1. The van der Waals surface area contributed by atoms with Crippen molar-refractivity contribution in [1.82, 2.24) is 10.2 Å². The molecule has 2 atom stereocenters. The van der Waals surface area contributed by atoms with Crippen LogP contribution in [-0.4, -0.2) is 29.8 Å². The normalized spacial score (nSPS) is 23.6. The number of thiophene rings is 1. The highest BCUT2D eigenvalue weighted by atomic mass is 32.1. The summed E-state index contributed by atoms with van der Waals surface area (Å²) in [4.78, 5) is 14.4. The predicted octanol–water partition coefficient (Wildman–Crippen LogP) is 3.00. The van der Waals surface area contributed by atoms with E-state index in [1.165, 1.54) is 16.2 Å². The number of hydrogen-bond donors (Lipinski definition) is 1. The molecule has 1 aromatic rings. The summed E-state index contributed by atoms with van der Waals surface area (Å²) in [5.74, 6) is -0.202. The predicted molar refractivity (Wildman–Crippen MR) is 71.2 cm³/mol. The van der Waals surface area contributed by atoms with E-state index in [-0.39, 0.29) is 11.9 Å². The van der Waals surface area contributed by atoms with Gasteiger partial charge >= 0.3 is 0 Å². The number of halogens is 2. The number of carbonyl (C=O) groups is 1. The van der Waals surface area contributed by atoms with Gasteiger partial charge in [-0.2, -0.15) is 0 Å². The minimum atomic E-state index is -2.50. The second-order valence-electron chi connectivity index (χ2n) is 4.66. The summed E-state index contributed by atoms with van der Waals surface area (Å²) in [5.41, 5.74) is 0. The van der Waals surface area contributed by atoms with E-state index in [1.54, 1.807) is 0 Å². The first kappa shape index (κ1) is 14.4. The van der Waals surface area contributed by atoms with Crippen LogP contribution in [0.3, 0.4) is 0 Å². The van der Waals surface area contributed by atoms with Crippen molar-refractivity contribution in [3.05, 3.63) is 22.4 Å². The van der Waals surface area contributed by atoms with Gasteiger partial charge in [0.1, 0.15) is 6.17 Å². The SMILES string of the molecule is CCCCC1NC(c2cccs2)N(CC(F)F)C1=O. The van der Waals surface area contributed by atoms with Crippen LogP contribution >= 0.6 is 11.3 Å². The summed E-state index contributed by atoms with van der Waals surface area (Å²) in [7, 11) is 0. The average Bonchev–Trinajstić information content (AvgIpc) is 2.97. The smallest absolute Gasteiger partial charge is 0.255 e. The van der Waals surface area contributed by atoms with E-state index in [0.29, 0.717) is 6.42 Å². The van der Waals surface area contributed by atoms with E-state index in [0.717, 1.165) is 17.7 Å². The van der Waals surface area contributed by atoms with Gasteiger partial charge < -0.3 is 4.90 Å². The number of alkyl halides is 2. The summed E-state index contributed by atoms with van der Waals surface area (Å²) in [6.07, 6.45) is -0.286. The molecule has 1 amide bonds. The number of carbonyl (C=O) groups excluding carboxylic acids is 1. The maximum absolute atomic E-state index is 12.6. The lowest BCUT2D eigenvalue weighted by Gasteiger charge is -2.22. The van der Waals surface area contributed by atoms with Gasteiger partial charge in [0.25, 0.3) is 6.43 Å². The molecule has 2 unspecified atom stereocenters. The fraction of sp³-hybridized carbons (Fsp3) is 0.615. The van der Waals surface area contributed by atoms with Gasteiger partial charge in [-0.05, 0) is 17.9 Å². The third-order valence-electron chi connectivity index (χ3n) is 3.25. The van der Waals surface area contributed by atoms with Crippen LogP contribution in [-0.2, 0) is 4.79 Å². The van der Waals surface area contributed by atoms with Crippen molar-refractivity contribution < 1.29 is 13.6 Å². The quantitative estimate of drug-likeness (QED) is 0.872. The Morgan fingerprint density at radius 2 is 2.32 bits per heavy atom. The maximum atomic E-state index is 12.6. The topological polar surface area (TPSA) is 32.3 Å². The Morgan fingerprint density at radius 1 is 1.53 bits per heavy atom. The molecule has 2 rings (SSSR count). The van der Waals surface area contributed by atoms with Crippen molar-refractivity contribution in [1.29, 1.82) is 0 Å². The Hall–Kier alpha value is -1.01. The van der Waals surface area contributed by atoms with E-state index >= 15 is 0 Å². The number of rotatable bonds is 6. The van der Waals surface area contributed by atoms with Gasteiger partial charge in [-0.25, -0.2) is 8.78 Å². The molecule has 1 aromatic heterocycles. The Kier molecular flexibility index (Phi) is 4.87. The molecule has 0 aliphatic carbocycles. The average molecular weight is 288 g/mol. The van der Waals surface area contributed by atoms with E-state index < -0.39 is 19.1 Å². The molecule has 1 N–H and O–H groups in total. The maximum Gasteiger partial charge on any atom is 0.255 e. The van der Waals surface area contributed by atoms with Crippen LogP contribution in [0.2, 0.25) is 0 Å². The molecule has 0 bridgehead atoms. The zero-order valence-corrected chi connectivity index (χ0v) is 11.6. The molecule has 2 heterocycles. The molecule has 19 heavy (non-hydrogen) atoms.